The molecule has 0 aromatic heterocycles. The summed E-state index contributed by atoms with van der Waals surface area (Å²) >= 11 is 0. The standard InChI is InChI=1S/C12H14F3NO2/c13-7-5-8(17)9(11(15)10(7)14)12(16)6-1-3-18-4-2-6/h5-6,12,17H,1-4,16H2/t12-/m1/s1. The van der Waals surface area contributed by atoms with E-state index in [1.54, 1.807) is 0 Å². The fourth-order valence-corrected chi connectivity index (χ4v) is 2.22. The van der Waals surface area contributed by atoms with Crippen molar-refractivity contribution >= 4 is 0 Å². The first kappa shape index (κ1) is 13.2. The van der Waals surface area contributed by atoms with Gasteiger partial charge in [-0.3, -0.25) is 0 Å². The van der Waals surface area contributed by atoms with Crippen molar-refractivity contribution in [2.75, 3.05) is 13.2 Å². The molecule has 0 bridgehead atoms. The maximum atomic E-state index is 13.6. The summed E-state index contributed by atoms with van der Waals surface area (Å²) in [5.74, 6) is -5.21. The predicted octanol–water partition coefficient (Wildman–Crippen LogP) is 2.24. The molecule has 1 fully saturated rings. The molecule has 6 heteroatoms. The van der Waals surface area contributed by atoms with Crippen LogP contribution in [0.1, 0.15) is 24.4 Å². The molecule has 0 unspecified atom stereocenters. The van der Waals surface area contributed by atoms with Gasteiger partial charge in [0.1, 0.15) is 5.75 Å². The lowest BCUT2D eigenvalue weighted by molar-refractivity contribution is 0.0576. The first-order valence-corrected chi connectivity index (χ1v) is 5.72. The summed E-state index contributed by atoms with van der Waals surface area (Å²) in [6.07, 6.45) is 1.19. The Kier molecular flexibility index (Phi) is 3.77. The van der Waals surface area contributed by atoms with Crippen LogP contribution in [0, 0.1) is 23.4 Å². The van der Waals surface area contributed by atoms with E-state index in [0.717, 1.165) is 0 Å². The molecule has 3 N–H and O–H groups in total. The minimum Gasteiger partial charge on any atom is -0.507 e. The van der Waals surface area contributed by atoms with Gasteiger partial charge in [0.05, 0.1) is 0 Å². The molecule has 1 atom stereocenters. The zero-order valence-electron chi connectivity index (χ0n) is 9.63. The van der Waals surface area contributed by atoms with E-state index in [1.807, 2.05) is 0 Å². The van der Waals surface area contributed by atoms with Crippen molar-refractivity contribution in [2.45, 2.75) is 18.9 Å². The van der Waals surface area contributed by atoms with Crippen molar-refractivity contribution in [1.29, 1.82) is 0 Å². The number of aromatic hydroxyl groups is 1. The molecule has 1 heterocycles. The van der Waals surface area contributed by atoms with Crippen molar-refractivity contribution in [3.63, 3.8) is 0 Å². The third-order valence-electron chi connectivity index (χ3n) is 3.29. The van der Waals surface area contributed by atoms with Gasteiger partial charge in [-0.15, -0.1) is 0 Å². The summed E-state index contributed by atoms with van der Waals surface area (Å²) in [7, 11) is 0. The van der Waals surface area contributed by atoms with Crippen LogP contribution in [0.3, 0.4) is 0 Å². The van der Waals surface area contributed by atoms with E-state index in [2.05, 4.69) is 0 Å². The Morgan fingerprint density at radius 1 is 1.22 bits per heavy atom. The van der Waals surface area contributed by atoms with E-state index < -0.39 is 29.2 Å². The number of hydrogen-bond acceptors (Lipinski definition) is 3. The zero-order chi connectivity index (χ0) is 13.3. The fraction of sp³-hybridized carbons (Fsp3) is 0.500. The van der Waals surface area contributed by atoms with E-state index in [4.69, 9.17) is 10.5 Å². The largest absolute Gasteiger partial charge is 0.507 e. The molecule has 0 saturated carbocycles. The summed E-state index contributed by atoms with van der Waals surface area (Å²) in [5, 5.41) is 9.54. The molecule has 1 saturated heterocycles. The number of phenols is 1. The van der Waals surface area contributed by atoms with E-state index in [1.165, 1.54) is 0 Å². The van der Waals surface area contributed by atoms with Gasteiger partial charge in [0, 0.05) is 30.9 Å². The number of nitrogens with two attached hydrogens (primary N) is 1. The Morgan fingerprint density at radius 2 is 1.83 bits per heavy atom. The molecule has 1 aliphatic rings. The Hall–Kier alpha value is -1.27. The summed E-state index contributed by atoms with van der Waals surface area (Å²) < 4.78 is 44.8. The highest BCUT2D eigenvalue weighted by molar-refractivity contribution is 5.37. The van der Waals surface area contributed by atoms with Gasteiger partial charge in [0.25, 0.3) is 0 Å². The molecule has 100 valence electrons. The van der Waals surface area contributed by atoms with E-state index in [0.29, 0.717) is 32.1 Å². The van der Waals surface area contributed by atoms with Crippen LogP contribution in [0.4, 0.5) is 13.2 Å². The van der Waals surface area contributed by atoms with Crippen LogP contribution in [0.25, 0.3) is 0 Å². The topological polar surface area (TPSA) is 55.5 Å². The van der Waals surface area contributed by atoms with Crippen molar-refractivity contribution in [3.8, 4) is 5.75 Å². The quantitative estimate of drug-likeness (QED) is 0.803. The smallest absolute Gasteiger partial charge is 0.195 e. The van der Waals surface area contributed by atoms with Crippen molar-refractivity contribution in [2.24, 2.45) is 11.7 Å². The lowest BCUT2D eigenvalue weighted by Gasteiger charge is -2.28. The summed E-state index contributed by atoms with van der Waals surface area (Å²) in [5.41, 5.74) is 5.49. The van der Waals surface area contributed by atoms with Gasteiger partial charge in [0.2, 0.25) is 0 Å². The average Bonchev–Trinajstić information content (AvgIpc) is 2.37. The van der Waals surface area contributed by atoms with Gasteiger partial charge in [-0.2, -0.15) is 0 Å². The predicted molar refractivity (Wildman–Crippen MR) is 58.5 cm³/mol. The van der Waals surface area contributed by atoms with E-state index in [9.17, 15) is 18.3 Å². The maximum Gasteiger partial charge on any atom is 0.195 e. The third kappa shape index (κ3) is 2.30. The summed E-state index contributed by atoms with van der Waals surface area (Å²) in [6, 6.07) is -0.323. The van der Waals surface area contributed by atoms with Crippen LogP contribution >= 0.6 is 0 Å². The fourth-order valence-electron chi connectivity index (χ4n) is 2.22. The molecule has 0 aliphatic carbocycles. The number of phenolic OH excluding ortho intramolecular Hbond substituents is 1. The van der Waals surface area contributed by atoms with Gasteiger partial charge < -0.3 is 15.6 Å². The molecule has 0 spiro atoms. The minimum absolute atomic E-state index is 0.121. The lowest BCUT2D eigenvalue weighted by Crippen LogP contribution is -2.28. The van der Waals surface area contributed by atoms with E-state index in [-0.39, 0.29) is 11.5 Å². The summed E-state index contributed by atoms with van der Waals surface area (Å²) in [6.45, 7) is 0.981. The molecular weight excluding hydrogens is 247 g/mol. The van der Waals surface area contributed by atoms with Crippen LogP contribution in [0.2, 0.25) is 0 Å². The molecule has 3 nitrogen and oxygen atoms in total. The highest BCUT2D eigenvalue weighted by Crippen LogP contribution is 2.36. The van der Waals surface area contributed by atoms with E-state index >= 15 is 0 Å². The first-order valence-electron chi connectivity index (χ1n) is 5.72. The minimum atomic E-state index is -1.61. The average molecular weight is 261 g/mol. The number of halogens is 3. The second-order valence-electron chi connectivity index (χ2n) is 4.39. The molecule has 1 aromatic rings. The number of rotatable bonds is 2. The Bertz CT molecular complexity index is 447. The molecular formula is C12H14F3NO2. The van der Waals surface area contributed by atoms with Gasteiger partial charge in [-0.05, 0) is 18.8 Å². The maximum absolute atomic E-state index is 13.6. The number of hydrogen-bond donors (Lipinski definition) is 2. The van der Waals surface area contributed by atoms with Crippen LogP contribution < -0.4 is 5.73 Å². The lowest BCUT2D eigenvalue weighted by atomic mass is 9.87. The monoisotopic (exact) mass is 261 g/mol. The second-order valence-corrected chi connectivity index (χ2v) is 4.39. The number of benzene rings is 1. The Morgan fingerprint density at radius 3 is 2.44 bits per heavy atom. The van der Waals surface area contributed by atoms with Crippen molar-refractivity contribution < 1.29 is 23.0 Å². The number of ether oxygens (including phenoxy) is 1. The van der Waals surface area contributed by atoms with Crippen molar-refractivity contribution in [1.82, 2.24) is 0 Å². The molecule has 0 radical (unpaired) electrons. The van der Waals surface area contributed by atoms with Gasteiger partial charge in [0.15, 0.2) is 17.5 Å². The van der Waals surface area contributed by atoms with Crippen LogP contribution in [-0.4, -0.2) is 18.3 Å². The van der Waals surface area contributed by atoms with Crippen molar-refractivity contribution in [3.05, 3.63) is 29.1 Å². The molecule has 1 aliphatic heterocycles. The second kappa shape index (κ2) is 5.16. The van der Waals surface area contributed by atoms with Gasteiger partial charge in [-0.25, -0.2) is 13.2 Å². The SMILES string of the molecule is N[C@@H](c1c(O)cc(F)c(F)c1F)C1CCOCC1. The van der Waals surface area contributed by atoms with Gasteiger partial charge in [-0.1, -0.05) is 0 Å². The molecule has 2 rings (SSSR count). The van der Waals surface area contributed by atoms with Crippen LogP contribution in [-0.2, 0) is 4.74 Å². The normalized spacial score (nSPS) is 18.9. The van der Waals surface area contributed by atoms with Crippen LogP contribution in [0.5, 0.6) is 5.75 Å². The molecule has 0 amide bonds. The summed E-state index contributed by atoms with van der Waals surface area (Å²) in [4.78, 5) is 0. The first-order chi connectivity index (χ1) is 8.52. The third-order valence-corrected chi connectivity index (χ3v) is 3.29. The highest BCUT2D eigenvalue weighted by Gasteiger charge is 2.29. The van der Waals surface area contributed by atoms with Gasteiger partial charge >= 0.3 is 0 Å². The molecule has 1 aromatic carbocycles. The Balaban J connectivity index is 2.34. The highest BCUT2D eigenvalue weighted by atomic mass is 19.2. The molecule has 18 heavy (non-hydrogen) atoms. The van der Waals surface area contributed by atoms with Crippen LogP contribution in [0.15, 0.2) is 6.07 Å². The zero-order valence-corrected chi connectivity index (χ0v) is 9.63. The Labute approximate surface area is 102 Å².